The van der Waals surface area contributed by atoms with Crippen LogP contribution in [0.5, 0.6) is 0 Å². The van der Waals surface area contributed by atoms with Crippen molar-refractivity contribution >= 4 is 45.6 Å². The summed E-state index contributed by atoms with van der Waals surface area (Å²) in [5.41, 5.74) is 1.72. The van der Waals surface area contributed by atoms with Crippen molar-refractivity contribution < 1.29 is 14.4 Å². The van der Waals surface area contributed by atoms with Crippen molar-refractivity contribution in [3.05, 3.63) is 34.8 Å². The van der Waals surface area contributed by atoms with Crippen molar-refractivity contribution in [2.45, 2.75) is 40.7 Å². The summed E-state index contributed by atoms with van der Waals surface area (Å²) >= 11 is 1.18. The summed E-state index contributed by atoms with van der Waals surface area (Å²) in [5, 5.41) is 5.97. The number of nitrogens with zero attached hydrogens (tertiary/aromatic N) is 2. The minimum Gasteiger partial charge on any atom is -0.326 e. The number of thiazole rings is 1. The number of benzene rings is 1. The van der Waals surface area contributed by atoms with Crippen LogP contribution in [0, 0.1) is 6.92 Å². The zero-order valence-electron chi connectivity index (χ0n) is 15.4. The summed E-state index contributed by atoms with van der Waals surface area (Å²) in [4.78, 5) is 42.0. The summed E-state index contributed by atoms with van der Waals surface area (Å²) in [5.74, 6) is -0.614. The Morgan fingerprint density at radius 2 is 1.73 bits per heavy atom. The molecule has 1 aromatic carbocycles. The predicted octanol–water partition coefficient (Wildman–Crippen LogP) is 3.42. The lowest BCUT2D eigenvalue weighted by molar-refractivity contribution is -0.117. The third-order valence-electron chi connectivity index (χ3n) is 3.49. The summed E-state index contributed by atoms with van der Waals surface area (Å²) in [7, 11) is 0. The highest BCUT2D eigenvalue weighted by Crippen LogP contribution is 2.28. The minimum atomic E-state index is -0.307. The lowest BCUT2D eigenvalue weighted by Gasteiger charge is -2.21. The summed E-state index contributed by atoms with van der Waals surface area (Å²) in [6, 6.07) is 6.83. The normalized spacial score (nSPS) is 10.5. The molecule has 2 aromatic rings. The maximum absolute atomic E-state index is 12.6. The van der Waals surface area contributed by atoms with Gasteiger partial charge >= 0.3 is 0 Å². The fourth-order valence-electron chi connectivity index (χ4n) is 2.48. The van der Waals surface area contributed by atoms with E-state index in [0.29, 0.717) is 27.1 Å². The zero-order chi connectivity index (χ0) is 19.4. The number of rotatable bonds is 5. The Labute approximate surface area is 156 Å². The molecule has 0 saturated heterocycles. The van der Waals surface area contributed by atoms with Crippen molar-refractivity contribution in [2.24, 2.45) is 0 Å². The van der Waals surface area contributed by atoms with E-state index in [9.17, 15) is 14.4 Å². The Bertz CT molecular complexity index is 845. The molecule has 0 radical (unpaired) electrons. The van der Waals surface area contributed by atoms with Crippen LogP contribution in [0.1, 0.15) is 43.1 Å². The van der Waals surface area contributed by atoms with Crippen molar-refractivity contribution in [3.63, 3.8) is 0 Å². The highest BCUT2D eigenvalue weighted by atomic mass is 32.1. The number of anilines is 3. The number of carbonyl (C=O) groups is 3. The van der Waals surface area contributed by atoms with Gasteiger partial charge in [-0.25, -0.2) is 4.98 Å². The number of nitrogens with one attached hydrogen (secondary N) is 2. The molecule has 1 heterocycles. The lowest BCUT2D eigenvalue weighted by atomic mass is 10.2. The average molecular weight is 374 g/mol. The Hall–Kier alpha value is -2.74. The minimum absolute atomic E-state index is 0.0525. The van der Waals surface area contributed by atoms with Gasteiger partial charge in [-0.3, -0.25) is 19.3 Å². The Morgan fingerprint density at radius 3 is 2.27 bits per heavy atom. The molecule has 0 bridgehead atoms. The number of amides is 3. The van der Waals surface area contributed by atoms with Gasteiger partial charge in [0.1, 0.15) is 4.88 Å². The topological polar surface area (TPSA) is 91.4 Å². The number of aromatic nitrogens is 1. The van der Waals surface area contributed by atoms with Crippen LogP contribution in [-0.4, -0.2) is 28.7 Å². The number of hydrogen-bond acceptors (Lipinski definition) is 5. The van der Waals surface area contributed by atoms with Crippen LogP contribution in [0.15, 0.2) is 24.3 Å². The van der Waals surface area contributed by atoms with Crippen LogP contribution in [0.4, 0.5) is 16.5 Å². The van der Waals surface area contributed by atoms with Gasteiger partial charge in [0.2, 0.25) is 11.8 Å². The van der Waals surface area contributed by atoms with E-state index < -0.39 is 0 Å². The molecular formula is C18H22N4O3S. The van der Waals surface area contributed by atoms with Gasteiger partial charge in [0, 0.05) is 31.3 Å². The van der Waals surface area contributed by atoms with Gasteiger partial charge < -0.3 is 10.6 Å². The van der Waals surface area contributed by atoms with Gasteiger partial charge in [-0.15, -0.1) is 0 Å². The van der Waals surface area contributed by atoms with Crippen molar-refractivity contribution in [3.8, 4) is 0 Å². The Balaban J connectivity index is 2.23. The molecule has 2 N–H and O–H groups in total. The molecule has 0 aliphatic heterocycles. The smallest absolute Gasteiger partial charge is 0.267 e. The number of carbonyl (C=O) groups excluding carboxylic acids is 3. The van der Waals surface area contributed by atoms with E-state index in [1.165, 1.54) is 25.2 Å². The zero-order valence-corrected chi connectivity index (χ0v) is 16.2. The summed E-state index contributed by atoms with van der Waals surface area (Å²) in [6.07, 6.45) is 0. The van der Waals surface area contributed by atoms with Gasteiger partial charge in [0.05, 0.1) is 5.69 Å². The van der Waals surface area contributed by atoms with Crippen molar-refractivity contribution in [1.82, 2.24) is 4.98 Å². The summed E-state index contributed by atoms with van der Waals surface area (Å²) < 4.78 is 0. The fraction of sp³-hybridized carbons (Fsp3) is 0.333. The van der Waals surface area contributed by atoms with E-state index in [1.54, 1.807) is 36.1 Å². The second-order valence-corrected chi connectivity index (χ2v) is 7.09. The average Bonchev–Trinajstić information content (AvgIpc) is 2.87. The van der Waals surface area contributed by atoms with Crippen LogP contribution in [0.25, 0.3) is 0 Å². The second-order valence-electron chi connectivity index (χ2n) is 6.11. The molecule has 0 saturated carbocycles. The second kappa shape index (κ2) is 8.09. The Kier molecular flexibility index (Phi) is 6.10. The molecular weight excluding hydrogens is 352 g/mol. The maximum atomic E-state index is 12.6. The van der Waals surface area contributed by atoms with Crippen molar-refractivity contribution in [1.29, 1.82) is 0 Å². The van der Waals surface area contributed by atoms with Gasteiger partial charge in [0.15, 0.2) is 5.13 Å². The molecule has 138 valence electrons. The SMILES string of the molecule is CC(=O)Nc1cccc(NC(=O)c2sc(N(C(C)=O)C(C)C)nc2C)c1. The highest BCUT2D eigenvalue weighted by Gasteiger charge is 2.23. The van der Waals surface area contributed by atoms with E-state index in [-0.39, 0.29) is 23.8 Å². The molecule has 0 fully saturated rings. The summed E-state index contributed by atoms with van der Waals surface area (Å²) in [6.45, 7) is 8.42. The molecule has 0 spiro atoms. The van der Waals surface area contributed by atoms with E-state index in [1.807, 2.05) is 13.8 Å². The maximum Gasteiger partial charge on any atom is 0.267 e. The van der Waals surface area contributed by atoms with Gasteiger partial charge in [-0.1, -0.05) is 17.4 Å². The van der Waals surface area contributed by atoms with Crippen LogP contribution in [-0.2, 0) is 9.59 Å². The lowest BCUT2D eigenvalue weighted by Crippen LogP contribution is -2.34. The van der Waals surface area contributed by atoms with E-state index in [0.717, 1.165) is 0 Å². The van der Waals surface area contributed by atoms with E-state index >= 15 is 0 Å². The molecule has 1 aromatic heterocycles. The van der Waals surface area contributed by atoms with Gasteiger partial charge in [-0.2, -0.15) is 0 Å². The van der Waals surface area contributed by atoms with Crippen molar-refractivity contribution in [2.75, 3.05) is 15.5 Å². The van der Waals surface area contributed by atoms with E-state index in [4.69, 9.17) is 0 Å². The van der Waals surface area contributed by atoms with Crippen LogP contribution in [0.3, 0.4) is 0 Å². The highest BCUT2D eigenvalue weighted by molar-refractivity contribution is 7.17. The standard InChI is InChI=1S/C18H22N4O3S/c1-10(2)22(13(5)24)18-19-11(3)16(26-18)17(25)21-15-8-6-7-14(9-15)20-12(4)23/h6-10H,1-5H3,(H,20,23)(H,21,25). The molecule has 7 nitrogen and oxygen atoms in total. The number of hydrogen-bond donors (Lipinski definition) is 2. The van der Waals surface area contributed by atoms with Crippen LogP contribution < -0.4 is 15.5 Å². The largest absolute Gasteiger partial charge is 0.326 e. The van der Waals surface area contributed by atoms with Crippen LogP contribution >= 0.6 is 11.3 Å². The van der Waals surface area contributed by atoms with E-state index in [2.05, 4.69) is 15.6 Å². The molecule has 3 amide bonds. The number of aryl methyl sites for hydroxylation is 1. The molecule has 0 aliphatic carbocycles. The van der Waals surface area contributed by atoms with Crippen LogP contribution in [0.2, 0.25) is 0 Å². The first-order valence-corrected chi connectivity index (χ1v) is 8.97. The fourth-order valence-corrected chi connectivity index (χ4v) is 3.62. The molecule has 26 heavy (non-hydrogen) atoms. The third kappa shape index (κ3) is 4.66. The van der Waals surface area contributed by atoms with Gasteiger partial charge in [-0.05, 0) is 39.0 Å². The first-order valence-electron chi connectivity index (χ1n) is 8.15. The first-order chi connectivity index (χ1) is 12.2. The third-order valence-corrected chi connectivity index (χ3v) is 4.65. The quantitative estimate of drug-likeness (QED) is 0.839. The van der Waals surface area contributed by atoms with Gasteiger partial charge in [0.25, 0.3) is 5.91 Å². The molecule has 0 aliphatic rings. The molecule has 0 atom stereocenters. The molecule has 0 unspecified atom stereocenters. The monoisotopic (exact) mass is 374 g/mol. The Morgan fingerprint density at radius 1 is 1.12 bits per heavy atom. The first kappa shape index (κ1) is 19.6. The molecule has 2 rings (SSSR count). The predicted molar refractivity (Wildman–Crippen MR) is 104 cm³/mol. The molecule has 8 heteroatoms.